The monoisotopic (exact) mass is 264 g/mol. The highest BCUT2D eigenvalue weighted by atomic mass is 31.1. The van der Waals surface area contributed by atoms with Crippen LogP contribution in [0, 0.1) is 5.92 Å². The molecule has 0 aromatic heterocycles. The zero-order chi connectivity index (χ0) is 13.3. The molecule has 0 saturated heterocycles. The van der Waals surface area contributed by atoms with Crippen LogP contribution in [0.4, 0.5) is 0 Å². The summed E-state index contributed by atoms with van der Waals surface area (Å²) in [6, 6.07) is -0.743. The molecule has 0 spiro atoms. The molecule has 0 rings (SSSR count). The summed E-state index contributed by atoms with van der Waals surface area (Å²) in [5, 5.41) is 2.22. The van der Waals surface area contributed by atoms with Crippen LogP contribution in [0.25, 0.3) is 0 Å². The maximum absolute atomic E-state index is 11.5. The SMILES string of the molecule is CCCC(CCC)COC(=O)C(C)N[P+](=O)O. The Morgan fingerprint density at radius 2 is 1.88 bits per heavy atom. The minimum atomic E-state index is -2.51. The molecule has 2 unspecified atom stereocenters. The van der Waals surface area contributed by atoms with Crippen LogP contribution in [0.3, 0.4) is 0 Å². The van der Waals surface area contributed by atoms with E-state index in [2.05, 4.69) is 18.9 Å². The summed E-state index contributed by atoms with van der Waals surface area (Å²) < 4.78 is 15.6. The summed E-state index contributed by atoms with van der Waals surface area (Å²) in [5.74, 6) is -0.0800. The van der Waals surface area contributed by atoms with Crippen LogP contribution in [-0.4, -0.2) is 23.5 Å². The quantitative estimate of drug-likeness (QED) is 0.494. The van der Waals surface area contributed by atoms with E-state index >= 15 is 0 Å². The standard InChI is InChI=1S/C11H22NO4P/c1-4-6-10(7-5-2)8-16-11(13)9(3)12-17(14)15/h9-10H,4-8H2,1-3H3,(H-,12,14,15)/p+1. The number of nitrogens with one attached hydrogen (secondary N) is 1. The maximum atomic E-state index is 11.5. The highest BCUT2D eigenvalue weighted by Gasteiger charge is 2.24. The van der Waals surface area contributed by atoms with E-state index in [4.69, 9.17) is 9.63 Å². The average Bonchev–Trinajstić information content (AvgIpc) is 2.25. The molecule has 17 heavy (non-hydrogen) atoms. The molecule has 2 atom stereocenters. The molecule has 0 saturated carbocycles. The molecule has 0 aromatic rings. The molecular formula is C11H23NO4P+. The van der Waals surface area contributed by atoms with Gasteiger partial charge in [-0.05, 0) is 30.2 Å². The average molecular weight is 264 g/mol. The third-order valence-electron chi connectivity index (χ3n) is 2.51. The van der Waals surface area contributed by atoms with Gasteiger partial charge in [-0.2, -0.15) is 0 Å². The van der Waals surface area contributed by atoms with Crippen molar-refractivity contribution in [1.82, 2.24) is 5.09 Å². The van der Waals surface area contributed by atoms with Crippen molar-refractivity contribution >= 4 is 14.1 Å². The van der Waals surface area contributed by atoms with E-state index in [1.807, 2.05) is 0 Å². The van der Waals surface area contributed by atoms with Crippen molar-refractivity contribution in [3.63, 3.8) is 0 Å². The van der Waals surface area contributed by atoms with Crippen molar-refractivity contribution in [2.75, 3.05) is 6.61 Å². The fourth-order valence-electron chi connectivity index (χ4n) is 1.67. The number of hydrogen-bond donors (Lipinski definition) is 2. The Labute approximate surface area is 104 Å². The first-order valence-corrected chi connectivity index (χ1v) is 7.31. The molecule has 0 aliphatic carbocycles. The molecule has 2 N–H and O–H groups in total. The van der Waals surface area contributed by atoms with E-state index in [9.17, 15) is 9.36 Å². The largest absolute Gasteiger partial charge is 0.611 e. The van der Waals surface area contributed by atoms with Crippen molar-refractivity contribution in [1.29, 1.82) is 0 Å². The fraction of sp³-hybridized carbons (Fsp3) is 0.909. The van der Waals surface area contributed by atoms with Crippen LogP contribution in [0.1, 0.15) is 46.5 Å². The number of hydrogen-bond acceptors (Lipinski definition) is 3. The number of carbonyl (C=O) groups excluding carboxylic acids is 1. The number of esters is 1. The lowest BCUT2D eigenvalue weighted by atomic mass is 9.99. The Bertz CT molecular complexity index is 242. The van der Waals surface area contributed by atoms with E-state index in [0.717, 1.165) is 25.7 Å². The summed E-state index contributed by atoms with van der Waals surface area (Å²) in [6.45, 7) is 6.12. The lowest BCUT2D eigenvalue weighted by Crippen LogP contribution is -2.32. The molecule has 0 aromatic carbocycles. The van der Waals surface area contributed by atoms with Gasteiger partial charge in [-0.15, -0.1) is 4.89 Å². The molecule has 0 bridgehead atoms. The van der Waals surface area contributed by atoms with Gasteiger partial charge < -0.3 is 4.74 Å². The first-order chi connectivity index (χ1) is 8.01. The van der Waals surface area contributed by atoms with Gasteiger partial charge in [0, 0.05) is 0 Å². The molecule has 0 radical (unpaired) electrons. The summed E-state index contributed by atoms with van der Waals surface area (Å²) in [5.41, 5.74) is 0. The Morgan fingerprint density at radius 3 is 2.29 bits per heavy atom. The molecule has 0 amide bonds. The second-order valence-corrected chi connectivity index (χ2v) is 5.00. The van der Waals surface area contributed by atoms with E-state index in [-0.39, 0.29) is 0 Å². The van der Waals surface area contributed by atoms with Crippen LogP contribution >= 0.6 is 8.18 Å². The number of carbonyl (C=O) groups is 1. The topological polar surface area (TPSA) is 75.6 Å². The molecule has 0 fully saturated rings. The second-order valence-electron chi connectivity index (χ2n) is 4.20. The van der Waals surface area contributed by atoms with E-state index in [0.29, 0.717) is 12.5 Å². The van der Waals surface area contributed by atoms with Gasteiger partial charge in [-0.3, -0.25) is 4.79 Å². The highest BCUT2D eigenvalue weighted by Crippen LogP contribution is 2.14. The Morgan fingerprint density at radius 1 is 1.35 bits per heavy atom. The molecule has 5 nitrogen and oxygen atoms in total. The summed E-state index contributed by atoms with van der Waals surface area (Å²) in [6.07, 6.45) is 4.21. The summed E-state index contributed by atoms with van der Waals surface area (Å²) >= 11 is 0. The maximum Gasteiger partial charge on any atom is 0.611 e. The van der Waals surface area contributed by atoms with Crippen molar-refractivity contribution < 1.29 is 19.0 Å². The van der Waals surface area contributed by atoms with E-state index in [1.165, 1.54) is 6.92 Å². The van der Waals surface area contributed by atoms with Crippen molar-refractivity contribution in [2.24, 2.45) is 5.92 Å². The minimum absolute atomic E-state index is 0.393. The predicted octanol–water partition coefficient (Wildman–Crippen LogP) is 2.37. The van der Waals surface area contributed by atoms with Gasteiger partial charge in [0.15, 0.2) is 0 Å². The molecule has 0 heterocycles. The van der Waals surface area contributed by atoms with Crippen molar-refractivity contribution in [3.8, 4) is 0 Å². The predicted molar refractivity (Wildman–Crippen MR) is 66.7 cm³/mol. The molecule has 0 aliphatic heterocycles. The first kappa shape index (κ1) is 16.5. The van der Waals surface area contributed by atoms with E-state index < -0.39 is 20.2 Å². The Hall–Kier alpha value is -0.510. The van der Waals surface area contributed by atoms with Gasteiger partial charge in [-0.25, -0.2) is 0 Å². The van der Waals surface area contributed by atoms with Gasteiger partial charge in [0.1, 0.15) is 6.04 Å². The van der Waals surface area contributed by atoms with Crippen LogP contribution in [-0.2, 0) is 14.1 Å². The van der Waals surface area contributed by atoms with E-state index in [1.54, 1.807) is 0 Å². The van der Waals surface area contributed by atoms with Gasteiger partial charge in [0.05, 0.1) is 6.61 Å². The Kier molecular flexibility index (Phi) is 9.23. The minimum Gasteiger partial charge on any atom is -0.464 e. The van der Waals surface area contributed by atoms with Crippen molar-refractivity contribution in [3.05, 3.63) is 0 Å². The van der Waals surface area contributed by atoms with Crippen LogP contribution < -0.4 is 5.09 Å². The molecular weight excluding hydrogens is 241 g/mol. The number of ether oxygens (including phenoxy) is 1. The molecule has 0 aliphatic rings. The van der Waals surface area contributed by atoms with Crippen LogP contribution in [0.5, 0.6) is 0 Å². The lowest BCUT2D eigenvalue weighted by Gasteiger charge is -2.16. The second kappa shape index (κ2) is 9.51. The highest BCUT2D eigenvalue weighted by molar-refractivity contribution is 7.35. The number of rotatable bonds is 9. The van der Waals surface area contributed by atoms with Gasteiger partial charge in [0.25, 0.3) is 0 Å². The third-order valence-corrected chi connectivity index (χ3v) is 3.12. The third kappa shape index (κ3) is 8.25. The Balaban J connectivity index is 3.97. The molecule has 6 heteroatoms. The van der Waals surface area contributed by atoms with Crippen LogP contribution in [0.2, 0.25) is 0 Å². The molecule has 100 valence electrons. The van der Waals surface area contributed by atoms with Crippen LogP contribution in [0.15, 0.2) is 0 Å². The smallest absolute Gasteiger partial charge is 0.464 e. The van der Waals surface area contributed by atoms with Gasteiger partial charge in [-0.1, -0.05) is 31.8 Å². The van der Waals surface area contributed by atoms with Crippen molar-refractivity contribution in [2.45, 2.75) is 52.5 Å². The normalized spacial score (nSPS) is 13.6. The van der Waals surface area contributed by atoms with Gasteiger partial charge >= 0.3 is 14.1 Å². The lowest BCUT2D eigenvalue weighted by molar-refractivity contribution is -0.146. The zero-order valence-corrected chi connectivity index (χ0v) is 11.7. The first-order valence-electron chi connectivity index (χ1n) is 6.10. The summed E-state index contributed by atoms with van der Waals surface area (Å²) in [7, 11) is -2.51. The zero-order valence-electron chi connectivity index (χ0n) is 10.8. The fourth-order valence-corrected chi connectivity index (χ4v) is 2.11. The summed E-state index contributed by atoms with van der Waals surface area (Å²) in [4.78, 5) is 20.1. The van der Waals surface area contributed by atoms with Gasteiger partial charge in [0.2, 0.25) is 0 Å².